The quantitative estimate of drug-likeness (QED) is 0.226. The topological polar surface area (TPSA) is 76.4 Å². The summed E-state index contributed by atoms with van der Waals surface area (Å²) in [4.78, 5) is 0. The number of nitrogens with two attached hydrogens (primary N) is 2. The van der Waals surface area contributed by atoms with Crippen molar-refractivity contribution in [3.8, 4) is 0 Å². The fraction of sp³-hybridized carbons (Fsp3) is 0.750. The lowest BCUT2D eigenvalue weighted by atomic mass is 10.5. The minimum atomic E-state index is 0.907. The third-order valence-electron chi connectivity index (χ3n) is 0.258. The second kappa shape index (κ2) is 9.63. The molecule has 0 heterocycles. The van der Waals surface area contributed by atoms with Gasteiger partial charge in [0.15, 0.2) is 0 Å². The summed E-state index contributed by atoms with van der Waals surface area (Å²) in [6.45, 7) is 3.69. The van der Waals surface area contributed by atoms with Crippen molar-refractivity contribution in [2.45, 2.75) is 13.8 Å². The molecule has 0 aliphatic heterocycles. The number of hydrogen-bond donors (Lipinski definition) is 3. The van der Waals surface area contributed by atoms with E-state index in [2.05, 4.69) is 16.4 Å². The highest BCUT2D eigenvalue weighted by Gasteiger charge is 1.63. The van der Waals surface area contributed by atoms with Crippen molar-refractivity contribution in [1.29, 1.82) is 0 Å². The summed E-state index contributed by atoms with van der Waals surface area (Å²) in [5, 5.41) is 3.31. The van der Waals surface area contributed by atoms with Crippen LogP contribution < -0.4 is 17.1 Å². The average Bonchev–Trinajstić information content (AvgIpc) is 1.69. The maximum atomic E-state index is 4.76. The van der Waals surface area contributed by atoms with Crippen LogP contribution in [0.15, 0.2) is 5.10 Å². The molecule has 50 valence electrons. The van der Waals surface area contributed by atoms with E-state index in [1.807, 2.05) is 13.8 Å². The number of hydrazone groups is 1. The SMILES string of the molecule is CC(C)=NN.CNN. The van der Waals surface area contributed by atoms with Crippen LogP contribution in [0.5, 0.6) is 0 Å². The van der Waals surface area contributed by atoms with Crippen molar-refractivity contribution in [1.82, 2.24) is 5.43 Å². The Bertz CT molecular complexity index is 55.1. The zero-order chi connectivity index (χ0) is 6.99. The molecule has 0 saturated carbocycles. The van der Waals surface area contributed by atoms with E-state index in [9.17, 15) is 0 Å². The summed E-state index contributed by atoms with van der Waals surface area (Å²) in [6.07, 6.45) is 0. The Labute approximate surface area is 49.9 Å². The first-order chi connectivity index (χ1) is 3.68. The Kier molecular flexibility index (Phi) is 12.5. The van der Waals surface area contributed by atoms with Crippen molar-refractivity contribution in [3.63, 3.8) is 0 Å². The van der Waals surface area contributed by atoms with E-state index in [1.165, 1.54) is 0 Å². The van der Waals surface area contributed by atoms with Crippen molar-refractivity contribution >= 4 is 5.71 Å². The highest BCUT2D eigenvalue weighted by Crippen LogP contribution is 1.59. The lowest BCUT2D eigenvalue weighted by Crippen LogP contribution is -2.13. The smallest absolute Gasteiger partial charge is 0.0314 e. The molecule has 0 rings (SSSR count). The Morgan fingerprint density at radius 2 is 1.62 bits per heavy atom. The van der Waals surface area contributed by atoms with Gasteiger partial charge in [0.2, 0.25) is 0 Å². The van der Waals surface area contributed by atoms with Crippen LogP contribution in [-0.2, 0) is 0 Å². The Balaban J connectivity index is 0. The minimum absolute atomic E-state index is 0.907. The van der Waals surface area contributed by atoms with Gasteiger partial charge in [-0.15, -0.1) is 0 Å². The predicted octanol–water partition coefficient (Wildman–Crippen LogP) is -0.580. The van der Waals surface area contributed by atoms with Crippen LogP contribution in [0.4, 0.5) is 0 Å². The van der Waals surface area contributed by atoms with Crippen molar-refractivity contribution in [2.24, 2.45) is 16.8 Å². The fourth-order valence-corrected chi connectivity index (χ4v) is 0. The summed E-state index contributed by atoms with van der Waals surface area (Å²) < 4.78 is 0. The second-order valence-electron chi connectivity index (χ2n) is 1.36. The normalized spacial score (nSPS) is 6.50. The summed E-state index contributed by atoms with van der Waals surface area (Å²) >= 11 is 0. The third-order valence-corrected chi connectivity index (χ3v) is 0.258. The molecule has 4 nitrogen and oxygen atoms in total. The van der Waals surface area contributed by atoms with Gasteiger partial charge in [0.05, 0.1) is 0 Å². The number of nitrogens with one attached hydrogen (secondary N) is 1. The zero-order valence-electron chi connectivity index (χ0n) is 5.60. The molecule has 0 aromatic rings. The molecule has 0 spiro atoms. The molecule has 0 amide bonds. The van der Waals surface area contributed by atoms with Crippen molar-refractivity contribution < 1.29 is 0 Å². The molecule has 5 N–H and O–H groups in total. The van der Waals surface area contributed by atoms with Gasteiger partial charge in [0.25, 0.3) is 0 Å². The second-order valence-corrected chi connectivity index (χ2v) is 1.36. The van der Waals surface area contributed by atoms with Crippen molar-refractivity contribution in [3.05, 3.63) is 0 Å². The summed E-state index contributed by atoms with van der Waals surface area (Å²) in [5.41, 5.74) is 3.16. The largest absolute Gasteiger partial charge is 0.323 e. The first-order valence-corrected chi connectivity index (χ1v) is 2.27. The van der Waals surface area contributed by atoms with Crippen LogP contribution in [0.1, 0.15) is 13.8 Å². The first kappa shape index (κ1) is 10.4. The Morgan fingerprint density at radius 3 is 1.62 bits per heavy atom. The Hall–Kier alpha value is -0.610. The summed E-state index contributed by atoms with van der Waals surface area (Å²) in [6, 6.07) is 0. The first-order valence-electron chi connectivity index (χ1n) is 2.27. The maximum Gasteiger partial charge on any atom is 0.0314 e. The van der Waals surface area contributed by atoms with Crippen LogP contribution in [-0.4, -0.2) is 12.8 Å². The van der Waals surface area contributed by atoms with Gasteiger partial charge in [-0.1, -0.05) is 0 Å². The molecule has 0 aliphatic carbocycles. The predicted molar refractivity (Wildman–Crippen MR) is 36.2 cm³/mol. The molecule has 0 bridgehead atoms. The molecule has 0 atom stereocenters. The van der Waals surface area contributed by atoms with E-state index in [0.717, 1.165) is 5.71 Å². The highest BCUT2D eigenvalue weighted by atomic mass is 15.2. The standard InChI is InChI=1S/C3H8N2.CH6N2/c1-3(2)5-4;1-3-2/h4H2,1-2H3;3H,2H2,1H3. The van der Waals surface area contributed by atoms with Gasteiger partial charge in [-0.3, -0.25) is 11.3 Å². The van der Waals surface area contributed by atoms with E-state index in [0.29, 0.717) is 0 Å². The van der Waals surface area contributed by atoms with Crippen LogP contribution in [0, 0.1) is 0 Å². The number of hydrogen-bond acceptors (Lipinski definition) is 4. The van der Waals surface area contributed by atoms with Crippen LogP contribution in [0.3, 0.4) is 0 Å². The van der Waals surface area contributed by atoms with Gasteiger partial charge in [-0.05, 0) is 20.9 Å². The van der Waals surface area contributed by atoms with E-state index in [1.54, 1.807) is 7.05 Å². The average molecular weight is 118 g/mol. The van der Waals surface area contributed by atoms with E-state index >= 15 is 0 Å². The minimum Gasteiger partial charge on any atom is -0.323 e. The molecular weight excluding hydrogens is 104 g/mol. The van der Waals surface area contributed by atoms with Gasteiger partial charge in [-0.2, -0.15) is 5.10 Å². The molecule has 0 unspecified atom stereocenters. The van der Waals surface area contributed by atoms with Crippen molar-refractivity contribution in [2.75, 3.05) is 7.05 Å². The van der Waals surface area contributed by atoms with E-state index in [-0.39, 0.29) is 0 Å². The van der Waals surface area contributed by atoms with Gasteiger partial charge in [0.1, 0.15) is 0 Å². The molecule has 4 heteroatoms. The zero-order valence-corrected chi connectivity index (χ0v) is 5.60. The molecule has 0 fully saturated rings. The van der Waals surface area contributed by atoms with E-state index in [4.69, 9.17) is 5.84 Å². The molecule has 0 aromatic heterocycles. The number of nitrogens with zero attached hydrogens (tertiary/aromatic N) is 1. The molecule has 0 radical (unpaired) electrons. The van der Waals surface area contributed by atoms with Gasteiger partial charge in [0, 0.05) is 5.71 Å². The third kappa shape index (κ3) is 53.8. The maximum absolute atomic E-state index is 4.76. The number of rotatable bonds is 0. The fourth-order valence-electron chi connectivity index (χ4n) is 0. The lowest BCUT2D eigenvalue weighted by molar-refractivity contribution is 0.900. The molecule has 0 saturated heterocycles. The van der Waals surface area contributed by atoms with Crippen LogP contribution in [0.2, 0.25) is 0 Å². The lowest BCUT2D eigenvalue weighted by Gasteiger charge is -1.74. The van der Waals surface area contributed by atoms with Gasteiger partial charge < -0.3 is 5.84 Å². The molecular formula is C4H14N4. The Morgan fingerprint density at radius 1 is 1.50 bits per heavy atom. The van der Waals surface area contributed by atoms with Gasteiger partial charge in [-0.25, -0.2) is 0 Å². The van der Waals surface area contributed by atoms with Crippen LogP contribution >= 0.6 is 0 Å². The molecule has 8 heavy (non-hydrogen) atoms. The number of hydrazine groups is 1. The summed E-state index contributed by atoms with van der Waals surface area (Å²) in [7, 11) is 1.65. The molecule has 0 aromatic carbocycles. The van der Waals surface area contributed by atoms with E-state index < -0.39 is 0 Å². The highest BCUT2D eigenvalue weighted by molar-refractivity contribution is 5.78. The monoisotopic (exact) mass is 118 g/mol. The molecule has 0 aliphatic rings. The summed E-state index contributed by atoms with van der Waals surface area (Å²) in [5.74, 6) is 9.36. The van der Waals surface area contributed by atoms with Gasteiger partial charge >= 0.3 is 0 Å². The van der Waals surface area contributed by atoms with Crippen LogP contribution in [0.25, 0.3) is 0 Å².